The van der Waals surface area contributed by atoms with Gasteiger partial charge < -0.3 is 20.1 Å². The molecule has 0 aliphatic rings. The average molecular weight is 294 g/mol. The summed E-state index contributed by atoms with van der Waals surface area (Å²) in [7, 11) is 1.60. The molecule has 1 aromatic carbocycles. The van der Waals surface area contributed by atoms with Crippen molar-refractivity contribution < 1.29 is 19.4 Å². The molecule has 0 bridgehead atoms. The fourth-order valence-corrected chi connectivity index (χ4v) is 1.85. The van der Waals surface area contributed by atoms with Crippen LogP contribution >= 0.6 is 0 Å². The van der Waals surface area contributed by atoms with E-state index in [-0.39, 0.29) is 6.54 Å². The Morgan fingerprint density at radius 1 is 1.33 bits per heavy atom. The normalized spacial score (nSPS) is 11.0. The van der Waals surface area contributed by atoms with Gasteiger partial charge in [0.05, 0.1) is 6.61 Å². The lowest BCUT2D eigenvalue weighted by molar-refractivity contribution is -0.138. The van der Waals surface area contributed by atoms with Crippen LogP contribution in [0.4, 0.5) is 10.5 Å². The van der Waals surface area contributed by atoms with E-state index in [1.807, 2.05) is 12.1 Å². The van der Waals surface area contributed by atoms with Gasteiger partial charge >= 0.3 is 12.0 Å². The van der Waals surface area contributed by atoms with Gasteiger partial charge in [0, 0.05) is 18.3 Å². The summed E-state index contributed by atoms with van der Waals surface area (Å²) in [4.78, 5) is 24.5. The molecule has 0 aliphatic carbocycles. The maximum Gasteiger partial charge on any atom is 0.323 e. The summed E-state index contributed by atoms with van der Waals surface area (Å²) < 4.78 is 5.04. The fourth-order valence-electron chi connectivity index (χ4n) is 1.85. The Kier molecular flexibility index (Phi) is 5.72. The van der Waals surface area contributed by atoms with Crippen LogP contribution in [0.25, 0.3) is 0 Å². The molecular weight excluding hydrogens is 272 g/mol. The van der Waals surface area contributed by atoms with E-state index in [1.54, 1.807) is 40.0 Å². The van der Waals surface area contributed by atoms with Gasteiger partial charge in [0.25, 0.3) is 0 Å². The maximum absolute atomic E-state index is 12.3. The topological polar surface area (TPSA) is 78.9 Å². The number of aliphatic carboxylic acids is 1. The SMILES string of the molecule is COCc1cccc(NC(=O)N(CC(=O)O)C(C)(C)C)c1. The summed E-state index contributed by atoms with van der Waals surface area (Å²) in [5.74, 6) is -1.05. The van der Waals surface area contributed by atoms with Crippen LogP contribution in [0.15, 0.2) is 24.3 Å². The predicted octanol–water partition coefficient (Wildman–Crippen LogP) is 2.55. The van der Waals surface area contributed by atoms with Crippen LogP contribution in [-0.2, 0) is 16.1 Å². The van der Waals surface area contributed by atoms with Gasteiger partial charge in [0.15, 0.2) is 0 Å². The van der Waals surface area contributed by atoms with Crippen LogP contribution in [0.2, 0.25) is 0 Å². The van der Waals surface area contributed by atoms with Gasteiger partial charge in [-0.1, -0.05) is 12.1 Å². The van der Waals surface area contributed by atoms with E-state index < -0.39 is 17.5 Å². The van der Waals surface area contributed by atoms with Crippen LogP contribution in [-0.4, -0.2) is 41.2 Å². The predicted molar refractivity (Wildman–Crippen MR) is 80.3 cm³/mol. The summed E-state index contributed by atoms with van der Waals surface area (Å²) >= 11 is 0. The molecule has 0 saturated heterocycles. The Morgan fingerprint density at radius 2 is 2.00 bits per heavy atom. The number of hydrogen-bond donors (Lipinski definition) is 2. The summed E-state index contributed by atoms with van der Waals surface area (Å²) in [6.07, 6.45) is 0. The van der Waals surface area contributed by atoms with Crippen molar-refractivity contribution in [1.82, 2.24) is 4.90 Å². The Labute approximate surface area is 124 Å². The van der Waals surface area contributed by atoms with Crippen molar-refractivity contribution in [2.75, 3.05) is 19.0 Å². The smallest absolute Gasteiger partial charge is 0.323 e. The Morgan fingerprint density at radius 3 is 2.52 bits per heavy atom. The third-order valence-corrected chi connectivity index (χ3v) is 2.84. The first-order valence-electron chi connectivity index (χ1n) is 6.62. The minimum Gasteiger partial charge on any atom is -0.480 e. The summed E-state index contributed by atoms with van der Waals surface area (Å²) in [6.45, 7) is 5.46. The van der Waals surface area contributed by atoms with Crippen LogP contribution in [0.3, 0.4) is 0 Å². The summed E-state index contributed by atoms with van der Waals surface area (Å²) in [6, 6.07) is 6.79. The number of nitrogens with zero attached hydrogens (tertiary/aromatic N) is 1. The quantitative estimate of drug-likeness (QED) is 0.874. The number of urea groups is 1. The van der Waals surface area contributed by atoms with Crippen molar-refractivity contribution >= 4 is 17.7 Å². The van der Waals surface area contributed by atoms with Crippen LogP contribution in [0, 0.1) is 0 Å². The van der Waals surface area contributed by atoms with Crippen molar-refractivity contribution in [2.24, 2.45) is 0 Å². The number of carbonyl (C=O) groups is 2. The van der Waals surface area contributed by atoms with E-state index in [0.29, 0.717) is 12.3 Å². The van der Waals surface area contributed by atoms with E-state index in [4.69, 9.17) is 9.84 Å². The highest BCUT2D eigenvalue weighted by Gasteiger charge is 2.28. The Bertz CT molecular complexity index is 509. The van der Waals surface area contributed by atoms with Gasteiger partial charge in [-0.3, -0.25) is 4.79 Å². The molecular formula is C15H22N2O4. The first-order chi connectivity index (χ1) is 9.74. The van der Waals surface area contributed by atoms with E-state index in [9.17, 15) is 9.59 Å². The number of carboxylic acid groups (broad SMARTS) is 1. The lowest BCUT2D eigenvalue weighted by Gasteiger charge is -2.34. The maximum atomic E-state index is 12.3. The molecule has 0 atom stereocenters. The molecule has 2 amide bonds. The number of anilines is 1. The number of rotatable bonds is 5. The number of nitrogens with one attached hydrogen (secondary N) is 1. The Hall–Kier alpha value is -2.08. The molecule has 0 spiro atoms. The number of benzene rings is 1. The molecule has 116 valence electrons. The van der Waals surface area contributed by atoms with Gasteiger partial charge in [0.2, 0.25) is 0 Å². The van der Waals surface area contributed by atoms with Crippen molar-refractivity contribution in [3.63, 3.8) is 0 Å². The van der Waals surface area contributed by atoms with E-state index in [0.717, 1.165) is 5.56 Å². The summed E-state index contributed by atoms with van der Waals surface area (Å²) in [5.41, 5.74) is 0.942. The highest BCUT2D eigenvalue weighted by Crippen LogP contribution is 2.17. The van der Waals surface area contributed by atoms with Crippen LogP contribution < -0.4 is 5.32 Å². The first kappa shape index (κ1) is 17.0. The number of hydrogen-bond acceptors (Lipinski definition) is 3. The van der Waals surface area contributed by atoms with Gasteiger partial charge in [-0.25, -0.2) is 4.79 Å². The minimum absolute atomic E-state index is 0.354. The zero-order chi connectivity index (χ0) is 16.0. The largest absolute Gasteiger partial charge is 0.480 e. The van der Waals surface area contributed by atoms with Crippen molar-refractivity contribution in [1.29, 1.82) is 0 Å². The highest BCUT2D eigenvalue weighted by molar-refractivity contribution is 5.91. The van der Waals surface area contributed by atoms with Gasteiger partial charge in [-0.15, -0.1) is 0 Å². The molecule has 0 unspecified atom stereocenters. The highest BCUT2D eigenvalue weighted by atomic mass is 16.5. The Balaban J connectivity index is 2.86. The molecule has 0 aromatic heterocycles. The first-order valence-corrected chi connectivity index (χ1v) is 6.62. The third kappa shape index (κ3) is 5.43. The minimum atomic E-state index is -1.05. The molecule has 0 saturated carbocycles. The van der Waals surface area contributed by atoms with Crippen LogP contribution in [0.5, 0.6) is 0 Å². The number of amides is 2. The molecule has 0 radical (unpaired) electrons. The molecule has 0 heterocycles. The lowest BCUT2D eigenvalue weighted by atomic mass is 10.1. The van der Waals surface area contributed by atoms with Gasteiger partial charge in [0.1, 0.15) is 6.54 Å². The monoisotopic (exact) mass is 294 g/mol. The standard InChI is InChI=1S/C15H22N2O4/c1-15(2,3)17(9-13(18)19)14(20)16-12-7-5-6-11(8-12)10-21-4/h5-8H,9-10H2,1-4H3,(H,16,20)(H,18,19). The number of ether oxygens (including phenoxy) is 1. The second-order valence-electron chi connectivity index (χ2n) is 5.71. The molecule has 21 heavy (non-hydrogen) atoms. The van der Waals surface area contributed by atoms with Crippen molar-refractivity contribution in [3.05, 3.63) is 29.8 Å². The van der Waals surface area contributed by atoms with E-state index >= 15 is 0 Å². The zero-order valence-corrected chi connectivity index (χ0v) is 12.8. The van der Waals surface area contributed by atoms with Crippen LogP contribution in [0.1, 0.15) is 26.3 Å². The van der Waals surface area contributed by atoms with E-state index in [1.165, 1.54) is 4.90 Å². The summed E-state index contributed by atoms with van der Waals surface area (Å²) in [5, 5.41) is 11.7. The third-order valence-electron chi connectivity index (χ3n) is 2.84. The molecule has 6 nitrogen and oxygen atoms in total. The molecule has 1 aromatic rings. The van der Waals surface area contributed by atoms with E-state index in [2.05, 4.69) is 5.32 Å². The second-order valence-corrected chi connectivity index (χ2v) is 5.71. The molecule has 2 N–H and O–H groups in total. The number of carbonyl (C=O) groups excluding carboxylic acids is 1. The number of methoxy groups -OCH3 is 1. The fraction of sp³-hybridized carbons (Fsp3) is 0.467. The van der Waals surface area contributed by atoms with Crippen molar-refractivity contribution in [2.45, 2.75) is 32.9 Å². The lowest BCUT2D eigenvalue weighted by Crippen LogP contribution is -2.50. The number of carboxylic acids is 1. The van der Waals surface area contributed by atoms with Gasteiger partial charge in [-0.05, 0) is 38.5 Å². The molecule has 0 aliphatic heterocycles. The molecule has 6 heteroatoms. The van der Waals surface area contributed by atoms with Gasteiger partial charge in [-0.2, -0.15) is 0 Å². The molecule has 1 rings (SSSR count). The zero-order valence-electron chi connectivity index (χ0n) is 12.8. The van der Waals surface area contributed by atoms with Crippen molar-refractivity contribution in [3.8, 4) is 0 Å². The average Bonchev–Trinajstić information content (AvgIpc) is 2.35. The molecule has 0 fully saturated rings. The second kappa shape index (κ2) is 7.08.